The Kier molecular flexibility index (Phi) is 4.10. The van der Waals surface area contributed by atoms with Gasteiger partial charge in [-0.15, -0.1) is 0 Å². The highest BCUT2D eigenvalue weighted by atomic mass is 16.3. The van der Waals surface area contributed by atoms with Crippen LogP contribution < -0.4 is 27.9 Å². The van der Waals surface area contributed by atoms with E-state index in [4.69, 9.17) is 16.1 Å². The van der Waals surface area contributed by atoms with Crippen LogP contribution in [0.5, 0.6) is 0 Å². The minimum absolute atomic E-state index is 0.302. The van der Waals surface area contributed by atoms with Gasteiger partial charge >= 0.3 is 0 Å². The maximum atomic E-state index is 12.1. The first-order valence-corrected chi connectivity index (χ1v) is 6.25. The second-order valence-corrected chi connectivity index (χ2v) is 4.60. The minimum Gasteiger partial charge on any atom is -0.468 e. The lowest BCUT2D eigenvalue weighted by Crippen LogP contribution is -2.42. The third-order valence-electron chi connectivity index (χ3n) is 3.34. The second-order valence-electron chi connectivity index (χ2n) is 4.60. The van der Waals surface area contributed by atoms with Crippen LogP contribution in [0.2, 0.25) is 0 Å². The monoisotopic (exact) mass is 291 g/mol. The van der Waals surface area contributed by atoms with Crippen molar-refractivity contribution < 1.29 is 14.0 Å². The van der Waals surface area contributed by atoms with Crippen molar-refractivity contribution in [3.05, 3.63) is 46.7 Å². The molecule has 8 heteroatoms. The molecule has 2 rings (SSSR count). The molecule has 0 spiro atoms. The average Bonchev–Trinajstić information content (AvgIpc) is 2.99. The molecule has 1 aromatic heterocycles. The van der Waals surface area contributed by atoms with Gasteiger partial charge in [0.2, 0.25) is 0 Å². The Hall–Kier alpha value is -2.58. The first kappa shape index (κ1) is 14.8. The number of dihydropyridines is 1. The largest absolute Gasteiger partial charge is 0.468 e. The topological polar surface area (TPSA) is 135 Å². The van der Waals surface area contributed by atoms with Crippen LogP contribution in [0.4, 0.5) is 0 Å². The summed E-state index contributed by atoms with van der Waals surface area (Å²) in [6, 6.07) is 3.36. The Morgan fingerprint density at radius 2 is 1.67 bits per heavy atom. The zero-order valence-corrected chi connectivity index (χ0v) is 11.7. The minimum atomic E-state index is -0.687. The standard InChI is InChI=1S/C13H17N5O3/c1-6-9(12(19)17-14)11(8-4-3-5-21-8)10(7(2)16-6)13(20)18-15/h3-5,11,16H,14-15H2,1-2H3,(H,17,19)(H,18,20). The highest BCUT2D eigenvalue weighted by molar-refractivity contribution is 6.03. The maximum absolute atomic E-state index is 12.1. The number of furan rings is 1. The summed E-state index contributed by atoms with van der Waals surface area (Å²) in [5, 5.41) is 2.99. The van der Waals surface area contributed by atoms with E-state index < -0.39 is 17.7 Å². The van der Waals surface area contributed by atoms with Crippen molar-refractivity contribution in [3.8, 4) is 0 Å². The van der Waals surface area contributed by atoms with E-state index in [2.05, 4.69) is 16.2 Å². The zero-order chi connectivity index (χ0) is 15.6. The van der Waals surface area contributed by atoms with Crippen molar-refractivity contribution in [1.82, 2.24) is 16.2 Å². The normalized spacial score (nSPS) is 15.8. The Labute approximate surface area is 121 Å². The molecule has 8 nitrogen and oxygen atoms in total. The summed E-state index contributed by atoms with van der Waals surface area (Å²) in [7, 11) is 0. The molecule has 7 N–H and O–H groups in total. The van der Waals surface area contributed by atoms with E-state index in [0.29, 0.717) is 28.3 Å². The molecule has 1 aromatic rings. The fourth-order valence-corrected chi connectivity index (χ4v) is 2.49. The summed E-state index contributed by atoms with van der Waals surface area (Å²) in [5.41, 5.74) is 5.95. The molecule has 0 unspecified atom stereocenters. The van der Waals surface area contributed by atoms with E-state index in [1.165, 1.54) is 6.26 Å². The Morgan fingerprint density at radius 1 is 1.14 bits per heavy atom. The van der Waals surface area contributed by atoms with Gasteiger partial charge in [-0.25, -0.2) is 11.7 Å². The summed E-state index contributed by atoms with van der Waals surface area (Å²) in [6.07, 6.45) is 1.47. The first-order chi connectivity index (χ1) is 10.0. The lowest BCUT2D eigenvalue weighted by Gasteiger charge is -2.29. The zero-order valence-electron chi connectivity index (χ0n) is 11.7. The Morgan fingerprint density at radius 3 is 2.05 bits per heavy atom. The molecule has 0 aromatic carbocycles. The molecule has 0 aliphatic carbocycles. The van der Waals surface area contributed by atoms with Crippen molar-refractivity contribution in [3.63, 3.8) is 0 Å². The third kappa shape index (κ3) is 2.54. The van der Waals surface area contributed by atoms with Crippen molar-refractivity contribution in [2.45, 2.75) is 19.8 Å². The smallest absolute Gasteiger partial charge is 0.263 e. The van der Waals surface area contributed by atoms with Gasteiger partial charge in [0.15, 0.2) is 0 Å². The highest BCUT2D eigenvalue weighted by Gasteiger charge is 2.37. The van der Waals surface area contributed by atoms with Crippen LogP contribution >= 0.6 is 0 Å². The number of hydrogen-bond acceptors (Lipinski definition) is 6. The van der Waals surface area contributed by atoms with Gasteiger partial charge in [-0.05, 0) is 26.0 Å². The van der Waals surface area contributed by atoms with Gasteiger partial charge in [-0.2, -0.15) is 0 Å². The molecule has 0 radical (unpaired) electrons. The van der Waals surface area contributed by atoms with Crippen LogP contribution in [0.25, 0.3) is 0 Å². The van der Waals surface area contributed by atoms with E-state index >= 15 is 0 Å². The summed E-state index contributed by atoms with van der Waals surface area (Å²) in [5.74, 6) is 9.23. The quantitative estimate of drug-likeness (QED) is 0.289. The number of nitrogens with two attached hydrogens (primary N) is 2. The molecule has 1 aliphatic rings. The molecule has 0 saturated heterocycles. The molecule has 21 heavy (non-hydrogen) atoms. The van der Waals surface area contributed by atoms with E-state index in [9.17, 15) is 9.59 Å². The number of allylic oxidation sites excluding steroid dienone is 2. The molecule has 0 bridgehead atoms. The number of rotatable bonds is 3. The summed E-state index contributed by atoms with van der Waals surface area (Å²) >= 11 is 0. The molecule has 0 atom stereocenters. The van der Waals surface area contributed by atoms with Gasteiger partial charge in [-0.1, -0.05) is 0 Å². The van der Waals surface area contributed by atoms with Crippen LogP contribution in [0.15, 0.2) is 45.4 Å². The molecule has 2 amide bonds. The van der Waals surface area contributed by atoms with Gasteiger partial charge in [0.05, 0.1) is 23.3 Å². The maximum Gasteiger partial charge on any atom is 0.263 e. The second kappa shape index (κ2) is 5.81. The van der Waals surface area contributed by atoms with Crippen molar-refractivity contribution >= 4 is 11.8 Å². The predicted octanol–water partition coefficient (Wildman–Crippen LogP) is -0.506. The predicted molar refractivity (Wildman–Crippen MR) is 74.6 cm³/mol. The molecule has 0 fully saturated rings. The van der Waals surface area contributed by atoms with Crippen LogP contribution in [0.1, 0.15) is 25.5 Å². The number of amides is 2. The van der Waals surface area contributed by atoms with E-state index in [1.807, 2.05) is 0 Å². The lowest BCUT2D eigenvalue weighted by atomic mass is 9.83. The molecular weight excluding hydrogens is 274 g/mol. The van der Waals surface area contributed by atoms with Gasteiger partial charge in [0.1, 0.15) is 5.76 Å². The fraction of sp³-hybridized carbons (Fsp3) is 0.231. The molecule has 1 aliphatic heterocycles. The molecule has 2 heterocycles. The SMILES string of the molecule is CC1=C(C(=O)NN)C(c2ccco2)C(C(=O)NN)=C(C)N1. The van der Waals surface area contributed by atoms with Crippen LogP contribution in [-0.4, -0.2) is 11.8 Å². The fourth-order valence-electron chi connectivity index (χ4n) is 2.49. The van der Waals surface area contributed by atoms with Crippen molar-refractivity contribution in [2.24, 2.45) is 11.7 Å². The number of hydrogen-bond donors (Lipinski definition) is 5. The number of nitrogens with one attached hydrogen (secondary N) is 3. The van der Waals surface area contributed by atoms with E-state index in [0.717, 1.165) is 0 Å². The van der Waals surface area contributed by atoms with E-state index in [-0.39, 0.29) is 0 Å². The number of carbonyl (C=O) groups is 2. The molecule has 112 valence electrons. The summed E-state index contributed by atoms with van der Waals surface area (Å²) in [6.45, 7) is 3.45. The number of carbonyl (C=O) groups excluding carboxylic acids is 2. The summed E-state index contributed by atoms with van der Waals surface area (Å²) in [4.78, 5) is 24.2. The number of hydrazine groups is 2. The van der Waals surface area contributed by atoms with Crippen molar-refractivity contribution in [1.29, 1.82) is 0 Å². The van der Waals surface area contributed by atoms with Crippen LogP contribution in [0.3, 0.4) is 0 Å². The third-order valence-corrected chi connectivity index (χ3v) is 3.34. The van der Waals surface area contributed by atoms with Gasteiger partial charge < -0.3 is 9.73 Å². The molecule has 0 saturated carbocycles. The summed E-state index contributed by atoms with van der Waals surface area (Å²) < 4.78 is 5.38. The first-order valence-electron chi connectivity index (χ1n) is 6.25. The van der Waals surface area contributed by atoms with E-state index in [1.54, 1.807) is 26.0 Å². The lowest BCUT2D eigenvalue weighted by molar-refractivity contribution is -0.118. The van der Waals surface area contributed by atoms with Gasteiger partial charge in [-0.3, -0.25) is 20.4 Å². The van der Waals surface area contributed by atoms with Crippen LogP contribution in [-0.2, 0) is 9.59 Å². The van der Waals surface area contributed by atoms with Crippen LogP contribution in [0, 0.1) is 0 Å². The Bertz CT molecular complexity index is 592. The Balaban J connectivity index is 2.63. The van der Waals surface area contributed by atoms with Gasteiger partial charge in [0.25, 0.3) is 11.8 Å². The highest BCUT2D eigenvalue weighted by Crippen LogP contribution is 2.38. The average molecular weight is 291 g/mol. The van der Waals surface area contributed by atoms with Crippen molar-refractivity contribution in [2.75, 3.05) is 0 Å². The molecular formula is C13H17N5O3. The van der Waals surface area contributed by atoms with Gasteiger partial charge in [0, 0.05) is 11.4 Å².